The van der Waals surface area contributed by atoms with E-state index in [1.807, 2.05) is 12.1 Å². The summed E-state index contributed by atoms with van der Waals surface area (Å²) in [7, 11) is 0. The molecule has 1 aromatic carbocycles. The van der Waals surface area contributed by atoms with Crippen LogP contribution in [-0.2, 0) is 4.79 Å². The van der Waals surface area contributed by atoms with Gasteiger partial charge in [-0.25, -0.2) is 9.97 Å². The van der Waals surface area contributed by atoms with Crippen LogP contribution in [0.4, 0.5) is 11.6 Å². The van der Waals surface area contributed by atoms with Gasteiger partial charge >= 0.3 is 5.97 Å². The van der Waals surface area contributed by atoms with Crippen molar-refractivity contribution in [2.24, 2.45) is 5.73 Å². The van der Waals surface area contributed by atoms with Crippen molar-refractivity contribution < 1.29 is 9.90 Å². The summed E-state index contributed by atoms with van der Waals surface area (Å²) in [5, 5.41) is 12.2. The van der Waals surface area contributed by atoms with Crippen molar-refractivity contribution in [2.45, 2.75) is 12.5 Å². The minimum Gasteiger partial charge on any atom is -0.481 e. The number of aromatic nitrogens is 2. The average Bonchev–Trinajstić information content (AvgIpc) is 2.41. The number of halogens is 1. The normalized spacial score (nSPS) is 11.9. The first kappa shape index (κ1) is 14.2. The molecule has 1 aromatic heterocycles. The Morgan fingerprint density at radius 2 is 2.00 bits per heavy atom. The van der Waals surface area contributed by atoms with Gasteiger partial charge in [-0.1, -0.05) is 23.7 Å². The molecule has 0 radical (unpaired) electrons. The van der Waals surface area contributed by atoms with E-state index in [1.165, 1.54) is 12.4 Å². The fourth-order valence-electron chi connectivity index (χ4n) is 1.58. The summed E-state index contributed by atoms with van der Waals surface area (Å²) < 4.78 is 0. The van der Waals surface area contributed by atoms with E-state index in [2.05, 4.69) is 15.3 Å². The number of carbonyl (C=O) groups is 1. The number of rotatable bonds is 5. The van der Waals surface area contributed by atoms with Crippen molar-refractivity contribution in [3.8, 4) is 0 Å². The highest BCUT2D eigenvalue weighted by molar-refractivity contribution is 6.33. The van der Waals surface area contributed by atoms with Crippen LogP contribution < -0.4 is 11.1 Å². The van der Waals surface area contributed by atoms with Crippen LogP contribution >= 0.6 is 11.6 Å². The third-order valence-corrected chi connectivity index (χ3v) is 2.94. The van der Waals surface area contributed by atoms with E-state index in [9.17, 15) is 4.79 Å². The molecular weight excluding hydrogens is 280 g/mol. The Labute approximate surface area is 120 Å². The maximum atomic E-state index is 10.6. The van der Waals surface area contributed by atoms with E-state index in [1.54, 1.807) is 12.1 Å². The second-order valence-corrected chi connectivity index (χ2v) is 4.56. The van der Waals surface area contributed by atoms with Gasteiger partial charge in [0.2, 0.25) is 5.95 Å². The Hall–Kier alpha value is -2.18. The predicted molar refractivity (Wildman–Crippen MR) is 75.9 cm³/mol. The molecule has 4 N–H and O–H groups in total. The molecule has 2 rings (SSSR count). The van der Waals surface area contributed by atoms with Crippen molar-refractivity contribution in [1.29, 1.82) is 0 Å². The fourth-order valence-corrected chi connectivity index (χ4v) is 1.77. The number of benzene rings is 1. The van der Waals surface area contributed by atoms with E-state index in [-0.39, 0.29) is 6.42 Å². The minimum atomic E-state index is -0.962. The van der Waals surface area contributed by atoms with Gasteiger partial charge in [0.25, 0.3) is 0 Å². The molecule has 0 aliphatic rings. The number of aliphatic carboxylic acids is 1. The number of nitrogens with zero attached hydrogens (tertiary/aromatic N) is 2. The maximum absolute atomic E-state index is 10.6. The lowest BCUT2D eigenvalue weighted by Gasteiger charge is -2.10. The van der Waals surface area contributed by atoms with E-state index in [4.69, 9.17) is 22.4 Å². The van der Waals surface area contributed by atoms with Crippen molar-refractivity contribution in [1.82, 2.24) is 9.97 Å². The lowest BCUT2D eigenvalue weighted by atomic mass is 10.1. The molecule has 0 saturated heterocycles. The second-order valence-electron chi connectivity index (χ2n) is 4.15. The molecule has 0 fully saturated rings. The third-order valence-electron chi connectivity index (χ3n) is 2.61. The molecular formula is C13H13ClN4O2. The Morgan fingerprint density at radius 3 is 2.60 bits per heavy atom. The Balaban J connectivity index is 2.09. The number of anilines is 2. The van der Waals surface area contributed by atoms with E-state index in [0.717, 1.165) is 0 Å². The zero-order chi connectivity index (χ0) is 14.5. The van der Waals surface area contributed by atoms with Crippen LogP contribution in [0, 0.1) is 0 Å². The molecule has 0 amide bonds. The van der Waals surface area contributed by atoms with Crippen LogP contribution in [-0.4, -0.2) is 21.0 Å². The molecule has 0 saturated carbocycles. The van der Waals surface area contributed by atoms with Gasteiger partial charge < -0.3 is 16.2 Å². The molecule has 6 nitrogen and oxygen atoms in total. The lowest BCUT2D eigenvalue weighted by Crippen LogP contribution is -2.15. The quantitative estimate of drug-likeness (QED) is 0.782. The lowest BCUT2D eigenvalue weighted by molar-refractivity contribution is -0.137. The highest BCUT2D eigenvalue weighted by Gasteiger charge is 2.11. The molecule has 0 unspecified atom stereocenters. The van der Waals surface area contributed by atoms with Gasteiger partial charge in [0.15, 0.2) is 0 Å². The number of nitrogens with two attached hydrogens (primary N) is 1. The number of nitrogens with one attached hydrogen (secondary N) is 1. The van der Waals surface area contributed by atoms with Gasteiger partial charge in [-0.05, 0) is 12.1 Å². The maximum Gasteiger partial charge on any atom is 0.305 e. The number of hydrogen-bond donors (Lipinski definition) is 3. The molecule has 104 valence electrons. The monoisotopic (exact) mass is 292 g/mol. The van der Waals surface area contributed by atoms with Crippen LogP contribution in [0.3, 0.4) is 0 Å². The SMILES string of the molecule is N[C@@H](CC(=O)O)c1cnc(Nc2ccccc2Cl)nc1. The zero-order valence-electron chi connectivity index (χ0n) is 10.5. The van der Waals surface area contributed by atoms with Gasteiger partial charge in [-0.2, -0.15) is 0 Å². The predicted octanol–water partition coefficient (Wildman–Crippen LogP) is 2.35. The molecule has 1 heterocycles. The van der Waals surface area contributed by atoms with E-state index < -0.39 is 12.0 Å². The largest absolute Gasteiger partial charge is 0.481 e. The summed E-state index contributed by atoms with van der Waals surface area (Å²) in [5.41, 5.74) is 6.98. The van der Waals surface area contributed by atoms with Gasteiger partial charge in [-0.15, -0.1) is 0 Å². The molecule has 0 spiro atoms. The first-order valence-electron chi connectivity index (χ1n) is 5.87. The molecule has 0 aliphatic carbocycles. The van der Waals surface area contributed by atoms with Crippen molar-refractivity contribution in [3.05, 3.63) is 47.2 Å². The molecule has 20 heavy (non-hydrogen) atoms. The molecule has 0 bridgehead atoms. The first-order chi connectivity index (χ1) is 9.56. The summed E-state index contributed by atoms with van der Waals surface area (Å²) in [5.74, 6) is -0.597. The average molecular weight is 293 g/mol. The van der Waals surface area contributed by atoms with E-state index >= 15 is 0 Å². The summed E-state index contributed by atoms with van der Waals surface area (Å²) >= 11 is 6.01. The van der Waals surface area contributed by atoms with Crippen LogP contribution in [0.1, 0.15) is 18.0 Å². The molecule has 0 aliphatic heterocycles. The van der Waals surface area contributed by atoms with Crippen molar-refractivity contribution in [2.75, 3.05) is 5.32 Å². The molecule has 2 aromatic rings. The van der Waals surface area contributed by atoms with Gasteiger partial charge in [0.1, 0.15) is 0 Å². The minimum absolute atomic E-state index is 0.166. The Kier molecular flexibility index (Phi) is 4.49. The van der Waals surface area contributed by atoms with Crippen LogP contribution in [0.2, 0.25) is 5.02 Å². The Morgan fingerprint density at radius 1 is 1.35 bits per heavy atom. The standard InChI is InChI=1S/C13H13ClN4O2/c14-9-3-1-2-4-11(9)18-13-16-6-8(7-17-13)10(15)5-12(19)20/h1-4,6-7,10H,5,15H2,(H,19,20)(H,16,17,18)/t10-/m0/s1. The zero-order valence-corrected chi connectivity index (χ0v) is 11.2. The topological polar surface area (TPSA) is 101 Å². The van der Waals surface area contributed by atoms with E-state index in [0.29, 0.717) is 22.2 Å². The molecule has 7 heteroatoms. The van der Waals surface area contributed by atoms with Crippen molar-refractivity contribution in [3.63, 3.8) is 0 Å². The second kappa shape index (κ2) is 6.31. The van der Waals surface area contributed by atoms with Gasteiger partial charge in [0.05, 0.1) is 17.1 Å². The molecule has 1 atom stereocenters. The summed E-state index contributed by atoms with van der Waals surface area (Å²) in [6, 6.07) is 6.59. The number of carboxylic acid groups (broad SMARTS) is 1. The highest BCUT2D eigenvalue weighted by Crippen LogP contribution is 2.23. The summed E-state index contributed by atoms with van der Waals surface area (Å²) in [6.45, 7) is 0. The smallest absolute Gasteiger partial charge is 0.305 e. The Bertz CT molecular complexity index is 604. The summed E-state index contributed by atoms with van der Waals surface area (Å²) in [4.78, 5) is 18.8. The highest BCUT2D eigenvalue weighted by atomic mass is 35.5. The van der Waals surface area contributed by atoms with Crippen LogP contribution in [0.5, 0.6) is 0 Å². The van der Waals surface area contributed by atoms with Gasteiger partial charge in [0, 0.05) is 24.0 Å². The fraction of sp³-hybridized carbons (Fsp3) is 0.154. The number of para-hydroxylation sites is 1. The van der Waals surface area contributed by atoms with Crippen molar-refractivity contribution >= 4 is 29.2 Å². The van der Waals surface area contributed by atoms with Crippen LogP contribution in [0.15, 0.2) is 36.7 Å². The van der Waals surface area contributed by atoms with Crippen LogP contribution in [0.25, 0.3) is 0 Å². The first-order valence-corrected chi connectivity index (χ1v) is 6.25. The number of carboxylic acids is 1. The summed E-state index contributed by atoms with van der Waals surface area (Å²) in [6.07, 6.45) is 2.83. The van der Waals surface area contributed by atoms with Gasteiger partial charge in [-0.3, -0.25) is 4.79 Å². The third kappa shape index (κ3) is 3.66. The number of hydrogen-bond acceptors (Lipinski definition) is 5.